The van der Waals surface area contributed by atoms with Crippen molar-refractivity contribution in [2.24, 2.45) is 0 Å². The molecule has 0 aliphatic rings. The highest BCUT2D eigenvalue weighted by molar-refractivity contribution is 9.10. The molecule has 2 N–H and O–H groups in total. The van der Waals surface area contributed by atoms with Crippen LogP contribution in [0.5, 0.6) is 5.75 Å². The summed E-state index contributed by atoms with van der Waals surface area (Å²) >= 11 is 3.45. The Morgan fingerprint density at radius 2 is 1.68 bits per heavy atom. The first-order valence-corrected chi connectivity index (χ1v) is 8.92. The van der Waals surface area contributed by atoms with Gasteiger partial charge in [-0.3, -0.25) is 9.59 Å². The van der Waals surface area contributed by atoms with Gasteiger partial charge in [0.2, 0.25) is 5.91 Å². The number of halogens is 1. The number of carbonyl (C=O) groups excluding carboxylic acids is 2. The lowest BCUT2D eigenvalue weighted by Crippen LogP contribution is -2.20. The molecule has 2 aromatic rings. The number of anilines is 2. The van der Waals surface area contributed by atoms with Crippen molar-refractivity contribution < 1.29 is 14.3 Å². The number of hydrogen-bond donors (Lipinski definition) is 2. The molecule has 0 saturated heterocycles. The van der Waals surface area contributed by atoms with Crippen LogP contribution in [0.2, 0.25) is 0 Å². The van der Waals surface area contributed by atoms with Crippen molar-refractivity contribution >= 4 is 39.1 Å². The minimum Gasteiger partial charge on any atom is -0.483 e. The Morgan fingerprint density at radius 3 is 2.28 bits per heavy atom. The van der Waals surface area contributed by atoms with Crippen LogP contribution >= 0.6 is 15.9 Å². The van der Waals surface area contributed by atoms with Crippen molar-refractivity contribution in [3.63, 3.8) is 0 Å². The molecule has 6 heteroatoms. The minimum absolute atomic E-state index is 0.0767. The summed E-state index contributed by atoms with van der Waals surface area (Å²) in [5, 5.41) is 5.51. The van der Waals surface area contributed by atoms with Crippen molar-refractivity contribution in [1.29, 1.82) is 0 Å². The van der Waals surface area contributed by atoms with E-state index in [-0.39, 0.29) is 18.4 Å². The maximum absolute atomic E-state index is 12.1. The number of nitrogens with one attached hydrogen (secondary N) is 2. The normalized spacial score (nSPS) is 10.2. The van der Waals surface area contributed by atoms with Gasteiger partial charge < -0.3 is 15.4 Å². The maximum atomic E-state index is 12.1. The van der Waals surface area contributed by atoms with Crippen LogP contribution in [0.4, 0.5) is 11.4 Å². The molecule has 132 valence electrons. The topological polar surface area (TPSA) is 67.4 Å². The first kappa shape index (κ1) is 19.0. The molecule has 0 atom stereocenters. The van der Waals surface area contributed by atoms with Gasteiger partial charge in [0, 0.05) is 17.8 Å². The SMILES string of the molecule is CCC(=O)Nc1cccc(NC(=O)COc2ccc(CC)cc2Br)c1. The summed E-state index contributed by atoms with van der Waals surface area (Å²) in [7, 11) is 0. The van der Waals surface area contributed by atoms with E-state index in [1.807, 2.05) is 18.2 Å². The molecule has 2 amide bonds. The number of benzene rings is 2. The van der Waals surface area contributed by atoms with Crippen LogP contribution in [0, 0.1) is 0 Å². The van der Waals surface area contributed by atoms with E-state index >= 15 is 0 Å². The molecule has 0 aliphatic heterocycles. The van der Waals surface area contributed by atoms with Gasteiger partial charge in [-0.15, -0.1) is 0 Å². The quantitative estimate of drug-likeness (QED) is 0.719. The van der Waals surface area contributed by atoms with Crippen molar-refractivity contribution in [3.05, 3.63) is 52.5 Å². The van der Waals surface area contributed by atoms with Gasteiger partial charge in [-0.1, -0.05) is 26.0 Å². The molecule has 5 nitrogen and oxygen atoms in total. The van der Waals surface area contributed by atoms with E-state index in [2.05, 4.69) is 33.5 Å². The van der Waals surface area contributed by atoms with Gasteiger partial charge in [0.15, 0.2) is 6.61 Å². The molecular weight excluding hydrogens is 384 g/mol. The fourth-order valence-electron chi connectivity index (χ4n) is 2.15. The smallest absolute Gasteiger partial charge is 0.262 e. The zero-order valence-corrected chi connectivity index (χ0v) is 15.9. The largest absolute Gasteiger partial charge is 0.483 e. The van der Waals surface area contributed by atoms with Crippen molar-refractivity contribution in [1.82, 2.24) is 0 Å². The molecule has 0 saturated carbocycles. The number of hydrogen-bond acceptors (Lipinski definition) is 3. The number of carbonyl (C=O) groups is 2. The van der Waals surface area contributed by atoms with Gasteiger partial charge in [0.05, 0.1) is 4.47 Å². The van der Waals surface area contributed by atoms with Crippen LogP contribution in [0.15, 0.2) is 46.9 Å². The van der Waals surface area contributed by atoms with E-state index in [0.717, 1.165) is 10.9 Å². The lowest BCUT2D eigenvalue weighted by atomic mass is 10.2. The molecular formula is C19H21BrN2O3. The van der Waals surface area contributed by atoms with Gasteiger partial charge in [0.1, 0.15) is 5.75 Å². The monoisotopic (exact) mass is 404 g/mol. The summed E-state index contributed by atoms with van der Waals surface area (Å²) in [6, 6.07) is 12.8. The molecule has 2 aromatic carbocycles. The van der Waals surface area contributed by atoms with Crippen LogP contribution in [0.1, 0.15) is 25.8 Å². The Morgan fingerprint density at radius 1 is 1.00 bits per heavy atom. The molecule has 0 aliphatic carbocycles. The third kappa shape index (κ3) is 5.90. The van der Waals surface area contributed by atoms with Crippen molar-refractivity contribution in [2.45, 2.75) is 26.7 Å². The maximum Gasteiger partial charge on any atom is 0.262 e. The molecule has 0 spiro atoms. The summed E-state index contributed by atoms with van der Waals surface area (Å²) in [6.45, 7) is 3.76. The fraction of sp³-hybridized carbons (Fsp3) is 0.263. The summed E-state index contributed by atoms with van der Waals surface area (Å²) in [5.41, 5.74) is 2.43. The molecule has 0 bridgehead atoms. The Bertz CT molecular complexity index is 762. The van der Waals surface area contributed by atoms with Crippen LogP contribution in [0.25, 0.3) is 0 Å². The lowest BCUT2D eigenvalue weighted by molar-refractivity contribution is -0.118. The molecule has 2 rings (SSSR count). The second-order valence-electron chi connectivity index (χ2n) is 5.44. The average molecular weight is 405 g/mol. The second-order valence-corrected chi connectivity index (χ2v) is 6.29. The highest BCUT2D eigenvalue weighted by Crippen LogP contribution is 2.26. The van der Waals surface area contributed by atoms with Gasteiger partial charge in [-0.25, -0.2) is 0 Å². The van der Waals surface area contributed by atoms with E-state index in [0.29, 0.717) is 23.5 Å². The van der Waals surface area contributed by atoms with Crippen LogP contribution < -0.4 is 15.4 Å². The predicted molar refractivity (Wildman–Crippen MR) is 103 cm³/mol. The van der Waals surface area contributed by atoms with Gasteiger partial charge >= 0.3 is 0 Å². The van der Waals surface area contributed by atoms with E-state index < -0.39 is 0 Å². The summed E-state index contributed by atoms with van der Waals surface area (Å²) in [6.07, 6.45) is 1.33. The van der Waals surface area contributed by atoms with E-state index in [9.17, 15) is 9.59 Å². The van der Waals surface area contributed by atoms with Gasteiger partial charge in [-0.05, 0) is 58.2 Å². The Kier molecular flexibility index (Phi) is 7.01. The molecule has 25 heavy (non-hydrogen) atoms. The zero-order chi connectivity index (χ0) is 18.2. The summed E-state index contributed by atoms with van der Waals surface area (Å²) in [4.78, 5) is 23.5. The first-order valence-electron chi connectivity index (χ1n) is 8.12. The predicted octanol–water partition coefficient (Wildman–Crippen LogP) is 4.38. The average Bonchev–Trinajstić information content (AvgIpc) is 2.60. The highest BCUT2D eigenvalue weighted by Gasteiger charge is 2.08. The Labute approximate surface area is 155 Å². The van der Waals surface area contributed by atoms with Gasteiger partial charge in [-0.2, -0.15) is 0 Å². The zero-order valence-electron chi connectivity index (χ0n) is 14.3. The van der Waals surface area contributed by atoms with Crippen LogP contribution in [-0.4, -0.2) is 18.4 Å². The van der Waals surface area contributed by atoms with Crippen molar-refractivity contribution in [2.75, 3.05) is 17.2 Å². The summed E-state index contributed by atoms with van der Waals surface area (Å²) < 4.78 is 6.38. The standard InChI is InChI=1S/C19H21BrN2O3/c1-3-13-8-9-17(16(20)10-13)25-12-19(24)22-15-7-5-6-14(11-15)21-18(23)4-2/h5-11H,3-4,12H2,1-2H3,(H,21,23)(H,22,24). The van der Waals surface area contributed by atoms with Crippen LogP contribution in [-0.2, 0) is 16.0 Å². The number of rotatable bonds is 7. The molecule has 0 unspecified atom stereocenters. The van der Waals surface area contributed by atoms with E-state index in [1.165, 1.54) is 5.56 Å². The lowest BCUT2D eigenvalue weighted by Gasteiger charge is -2.11. The van der Waals surface area contributed by atoms with E-state index in [1.54, 1.807) is 31.2 Å². The molecule has 0 fully saturated rings. The first-order chi connectivity index (χ1) is 12.0. The Balaban J connectivity index is 1.92. The molecule has 0 radical (unpaired) electrons. The highest BCUT2D eigenvalue weighted by atomic mass is 79.9. The van der Waals surface area contributed by atoms with Crippen molar-refractivity contribution in [3.8, 4) is 5.75 Å². The molecule has 0 heterocycles. The third-order valence-electron chi connectivity index (χ3n) is 3.51. The number of aryl methyl sites for hydroxylation is 1. The van der Waals surface area contributed by atoms with E-state index in [4.69, 9.17) is 4.74 Å². The third-order valence-corrected chi connectivity index (χ3v) is 4.13. The minimum atomic E-state index is -0.273. The Hall–Kier alpha value is -2.34. The van der Waals surface area contributed by atoms with Crippen LogP contribution in [0.3, 0.4) is 0 Å². The fourth-order valence-corrected chi connectivity index (χ4v) is 2.69. The number of ether oxygens (including phenoxy) is 1. The molecule has 0 aromatic heterocycles. The number of amides is 2. The summed E-state index contributed by atoms with van der Waals surface area (Å²) in [5.74, 6) is 0.272. The second kappa shape index (κ2) is 9.22. The van der Waals surface area contributed by atoms with Gasteiger partial charge in [0.25, 0.3) is 5.91 Å².